The maximum absolute atomic E-state index is 11.2. The van der Waals surface area contributed by atoms with Crippen LogP contribution in [-0.2, 0) is 13.5 Å². The summed E-state index contributed by atoms with van der Waals surface area (Å²) in [6.45, 7) is 0. The van der Waals surface area contributed by atoms with Crippen LogP contribution in [0.2, 0.25) is 0 Å². The number of hydrogen-bond donors (Lipinski definition) is 0. The van der Waals surface area contributed by atoms with Crippen molar-refractivity contribution in [3.05, 3.63) is 46.5 Å². The second-order valence-corrected chi connectivity index (χ2v) is 4.70. The van der Waals surface area contributed by atoms with Gasteiger partial charge < -0.3 is 0 Å². The molecule has 0 spiro atoms. The van der Waals surface area contributed by atoms with E-state index in [1.807, 2.05) is 36.1 Å². The summed E-state index contributed by atoms with van der Waals surface area (Å²) in [7, 11) is 1.92. The highest BCUT2D eigenvalue weighted by molar-refractivity contribution is 5.68. The summed E-state index contributed by atoms with van der Waals surface area (Å²) >= 11 is 0. The summed E-state index contributed by atoms with van der Waals surface area (Å²) in [6, 6.07) is 2.59. The van der Waals surface area contributed by atoms with E-state index in [0.29, 0.717) is 12.4 Å². The minimum absolute atomic E-state index is 0.332. The third-order valence-electron chi connectivity index (χ3n) is 3.34. The predicted octanol–water partition coefficient (Wildman–Crippen LogP) is 0.248. The SMILES string of the molecule is C[n+]1ccc(C[C@@H]2[C@H]([N+](=O)[O-])C=Nc3ncnn32)cc1. The van der Waals surface area contributed by atoms with Gasteiger partial charge in [0, 0.05) is 23.5 Å². The smallest absolute Gasteiger partial charge is 0.264 e. The van der Waals surface area contributed by atoms with Crippen LogP contribution in [0.4, 0.5) is 5.95 Å². The molecule has 0 saturated carbocycles. The highest BCUT2D eigenvalue weighted by atomic mass is 16.6. The minimum atomic E-state index is -0.891. The van der Waals surface area contributed by atoms with Gasteiger partial charge in [-0.25, -0.2) is 14.2 Å². The molecule has 0 bridgehead atoms. The van der Waals surface area contributed by atoms with Crippen LogP contribution in [0.1, 0.15) is 11.6 Å². The molecule has 8 nitrogen and oxygen atoms in total. The van der Waals surface area contributed by atoms with Gasteiger partial charge >= 0.3 is 0 Å². The molecule has 20 heavy (non-hydrogen) atoms. The molecule has 0 radical (unpaired) electrons. The number of rotatable bonds is 3. The van der Waals surface area contributed by atoms with Crippen molar-refractivity contribution in [1.29, 1.82) is 0 Å². The molecule has 1 aliphatic heterocycles. The summed E-state index contributed by atoms with van der Waals surface area (Å²) in [5.41, 5.74) is 1.01. The van der Waals surface area contributed by atoms with E-state index in [4.69, 9.17) is 0 Å². The molecule has 8 heteroatoms. The number of hydrogen-bond acceptors (Lipinski definition) is 5. The molecule has 3 heterocycles. The van der Waals surface area contributed by atoms with Gasteiger partial charge in [0.25, 0.3) is 6.04 Å². The van der Waals surface area contributed by atoms with Gasteiger partial charge in [0.15, 0.2) is 12.4 Å². The first kappa shape index (κ1) is 12.4. The summed E-state index contributed by atoms with van der Waals surface area (Å²) < 4.78 is 3.44. The van der Waals surface area contributed by atoms with Crippen LogP contribution in [0.5, 0.6) is 0 Å². The zero-order valence-corrected chi connectivity index (χ0v) is 10.8. The molecule has 102 valence electrons. The van der Waals surface area contributed by atoms with Crippen molar-refractivity contribution < 1.29 is 9.49 Å². The molecule has 0 saturated heterocycles. The lowest BCUT2D eigenvalue weighted by Crippen LogP contribution is -2.37. The van der Waals surface area contributed by atoms with Crippen molar-refractivity contribution in [2.75, 3.05) is 0 Å². The average Bonchev–Trinajstić information content (AvgIpc) is 2.90. The Hall–Kier alpha value is -2.64. The van der Waals surface area contributed by atoms with Crippen molar-refractivity contribution >= 4 is 12.2 Å². The van der Waals surface area contributed by atoms with E-state index in [1.54, 1.807) is 0 Å². The van der Waals surface area contributed by atoms with Gasteiger partial charge in [-0.15, -0.1) is 0 Å². The molecular formula is C12H13N6O2+. The van der Waals surface area contributed by atoms with E-state index in [-0.39, 0.29) is 4.92 Å². The monoisotopic (exact) mass is 273 g/mol. The Kier molecular flexibility index (Phi) is 2.97. The maximum atomic E-state index is 11.2. The summed E-state index contributed by atoms with van der Waals surface area (Å²) in [4.78, 5) is 18.8. The second kappa shape index (κ2) is 4.80. The molecule has 0 fully saturated rings. The quantitative estimate of drug-likeness (QED) is 0.455. The standard InChI is InChI=1S/C12H13N6O2/c1-16-4-2-9(3-5-16)6-10-11(18(19)20)7-13-12-14-8-15-17(10)12/h2-5,7-8,10-11H,6H2,1H3/q+1/t10-,11-/m1/s1. The van der Waals surface area contributed by atoms with Gasteiger partial charge in [-0.2, -0.15) is 10.1 Å². The van der Waals surface area contributed by atoms with Crippen LogP contribution in [0.25, 0.3) is 0 Å². The number of aromatic nitrogens is 4. The Bertz CT molecular complexity index is 663. The molecule has 0 unspecified atom stereocenters. The normalized spacial score (nSPS) is 20.6. The minimum Gasteiger partial charge on any atom is -0.264 e. The van der Waals surface area contributed by atoms with Crippen LogP contribution in [0.15, 0.2) is 35.8 Å². The number of aliphatic imine (C=N–C) groups is 1. The Balaban J connectivity index is 1.94. The molecule has 3 rings (SSSR count). The van der Waals surface area contributed by atoms with Gasteiger partial charge in [0.2, 0.25) is 5.95 Å². The highest BCUT2D eigenvalue weighted by Crippen LogP contribution is 2.26. The predicted molar refractivity (Wildman–Crippen MR) is 69.3 cm³/mol. The molecule has 2 atom stereocenters. The largest absolute Gasteiger partial charge is 0.270 e. The molecule has 1 aliphatic rings. The van der Waals surface area contributed by atoms with Gasteiger partial charge in [-0.3, -0.25) is 10.1 Å². The van der Waals surface area contributed by atoms with Crippen LogP contribution in [0, 0.1) is 10.1 Å². The molecule has 0 aromatic carbocycles. The molecule has 0 amide bonds. The molecule has 0 N–H and O–H groups in total. The zero-order chi connectivity index (χ0) is 14.1. The van der Waals surface area contributed by atoms with Crippen molar-refractivity contribution in [3.8, 4) is 0 Å². The first-order valence-corrected chi connectivity index (χ1v) is 6.16. The lowest BCUT2D eigenvalue weighted by Gasteiger charge is -2.21. The zero-order valence-electron chi connectivity index (χ0n) is 10.8. The number of aryl methyl sites for hydroxylation is 1. The van der Waals surface area contributed by atoms with Crippen molar-refractivity contribution in [2.45, 2.75) is 18.5 Å². The molecule has 0 aliphatic carbocycles. The van der Waals surface area contributed by atoms with E-state index >= 15 is 0 Å². The second-order valence-electron chi connectivity index (χ2n) is 4.70. The fourth-order valence-electron chi connectivity index (χ4n) is 2.27. The van der Waals surface area contributed by atoms with Gasteiger partial charge in [-0.05, 0) is 5.56 Å². The van der Waals surface area contributed by atoms with Gasteiger partial charge in [0.1, 0.15) is 19.4 Å². The maximum Gasteiger partial charge on any atom is 0.270 e. The van der Waals surface area contributed by atoms with E-state index in [2.05, 4.69) is 15.1 Å². The Morgan fingerprint density at radius 1 is 1.45 bits per heavy atom. The first-order chi connectivity index (χ1) is 9.65. The third kappa shape index (κ3) is 2.15. The fourth-order valence-corrected chi connectivity index (χ4v) is 2.27. The average molecular weight is 273 g/mol. The Morgan fingerprint density at radius 2 is 2.20 bits per heavy atom. The van der Waals surface area contributed by atoms with Crippen molar-refractivity contribution in [1.82, 2.24) is 14.8 Å². The number of nitrogens with zero attached hydrogens (tertiary/aromatic N) is 6. The summed E-state index contributed by atoms with van der Waals surface area (Å²) in [5, 5.41) is 15.3. The lowest BCUT2D eigenvalue weighted by molar-refractivity contribution is -0.671. The van der Waals surface area contributed by atoms with Crippen LogP contribution in [-0.4, -0.2) is 31.9 Å². The van der Waals surface area contributed by atoms with Crippen LogP contribution < -0.4 is 4.57 Å². The molecular weight excluding hydrogens is 260 g/mol. The van der Waals surface area contributed by atoms with Gasteiger partial charge in [-0.1, -0.05) is 0 Å². The van der Waals surface area contributed by atoms with Crippen molar-refractivity contribution in [2.24, 2.45) is 12.0 Å². The lowest BCUT2D eigenvalue weighted by atomic mass is 10.0. The topological polar surface area (TPSA) is 90.1 Å². The fraction of sp³-hybridized carbons (Fsp3) is 0.333. The number of pyridine rings is 1. The number of fused-ring (bicyclic) bond motifs is 1. The Morgan fingerprint density at radius 3 is 2.90 bits per heavy atom. The summed E-state index contributed by atoms with van der Waals surface area (Å²) in [6.07, 6.45) is 7.05. The van der Waals surface area contributed by atoms with Gasteiger partial charge in [0.05, 0.1) is 6.21 Å². The first-order valence-electron chi connectivity index (χ1n) is 6.16. The molecule has 2 aromatic rings. The van der Waals surface area contributed by atoms with Crippen LogP contribution >= 0.6 is 0 Å². The van der Waals surface area contributed by atoms with Crippen LogP contribution in [0.3, 0.4) is 0 Å². The molecule has 2 aromatic heterocycles. The van der Waals surface area contributed by atoms with Crippen molar-refractivity contribution in [3.63, 3.8) is 0 Å². The Labute approximate surface area is 114 Å². The van der Waals surface area contributed by atoms with E-state index in [9.17, 15) is 10.1 Å². The number of nitro groups is 1. The summed E-state index contributed by atoms with van der Waals surface area (Å²) in [5.74, 6) is 0.412. The highest BCUT2D eigenvalue weighted by Gasteiger charge is 2.36. The third-order valence-corrected chi connectivity index (χ3v) is 3.34. The van der Waals surface area contributed by atoms with E-state index < -0.39 is 12.1 Å². The van der Waals surface area contributed by atoms with E-state index in [0.717, 1.165) is 5.56 Å². The van der Waals surface area contributed by atoms with E-state index in [1.165, 1.54) is 17.2 Å².